The second-order valence-corrected chi connectivity index (χ2v) is 8.46. The van der Waals surface area contributed by atoms with E-state index in [9.17, 15) is 19.1 Å². The van der Waals surface area contributed by atoms with Gasteiger partial charge in [-0.3, -0.25) is 9.59 Å². The van der Waals surface area contributed by atoms with Gasteiger partial charge in [-0.15, -0.1) is 0 Å². The Balaban J connectivity index is 1.51. The lowest BCUT2D eigenvalue weighted by atomic mass is 10.0. The molecule has 0 radical (unpaired) electrons. The second-order valence-electron chi connectivity index (χ2n) is 8.46. The van der Waals surface area contributed by atoms with Crippen molar-refractivity contribution >= 4 is 22.6 Å². The molecule has 5 aromatic rings. The van der Waals surface area contributed by atoms with E-state index in [0.29, 0.717) is 33.9 Å². The van der Waals surface area contributed by atoms with Gasteiger partial charge in [0.05, 0.1) is 19.6 Å². The molecule has 0 unspecified atom stereocenters. The molecule has 190 valence electrons. The third kappa shape index (κ3) is 4.79. The molecule has 4 aromatic carbocycles. The van der Waals surface area contributed by atoms with E-state index in [1.807, 2.05) is 0 Å². The lowest BCUT2D eigenvalue weighted by molar-refractivity contribution is 0.102. The summed E-state index contributed by atoms with van der Waals surface area (Å²) >= 11 is 0. The molecule has 0 aliphatic carbocycles. The molecular weight excluding hydrogens is 489 g/mol. The van der Waals surface area contributed by atoms with E-state index in [2.05, 4.69) is 5.32 Å². The Hall–Kier alpha value is -5.11. The minimum Gasteiger partial charge on any atom is -0.502 e. The highest BCUT2D eigenvalue weighted by Crippen LogP contribution is 2.33. The third-order valence-electron chi connectivity index (χ3n) is 6.04. The zero-order valence-electron chi connectivity index (χ0n) is 20.4. The number of amides is 1. The molecular formula is C30H22FNO6. The third-order valence-corrected chi connectivity index (χ3v) is 6.04. The molecule has 2 N–H and O–H groups in total. The van der Waals surface area contributed by atoms with E-state index in [-0.39, 0.29) is 22.5 Å². The van der Waals surface area contributed by atoms with Gasteiger partial charge in [0.15, 0.2) is 5.76 Å². The highest BCUT2D eigenvalue weighted by Gasteiger charge is 2.17. The number of benzene rings is 4. The van der Waals surface area contributed by atoms with Crippen LogP contribution in [-0.2, 0) is 0 Å². The number of methoxy groups -OCH3 is 2. The molecule has 38 heavy (non-hydrogen) atoms. The summed E-state index contributed by atoms with van der Waals surface area (Å²) in [5, 5.41) is 13.7. The Kier molecular flexibility index (Phi) is 6.53. The molecule has 0 saturated heterocycles. The molecule has 7 nitrogen and oxygen atoms in total. The van der Waals surface area contributed by atoms with E-state index in [0.717, 1.165) is 5.56 Å². The summed E-state index contributed by atoms with van der Waals surface area (Å²) in [6.45, 7) is 0. The number of hydrogen-bond acceptors (Lipinski definition) is 6. The molecule has 1 amide bonds. The van der Waals surface area contributed by atoms with Crippen LogP contribution in [0.2, 0.25) is 0 Å². The van der Waals surface area contributed by atoms with Crippen LogP contribution in [0.5, 0.6) is 17.2 Å². The first-order valence-electron chi connectivity index (χ1n) is 11.6. The number of halogens is 1. The number of carbonyl (C=O) groups is 1. The lowest BCUT2D eigenvalue weighted by Gasteiger charge is -2.11. The SMILES string of the molecule is COc1cc(OC)cc(C(=O)Nc2cccc(-c3oc4cc(-c5ccc(F)cc5)ccc4c(=O)c3O)c2)c1. The number of carbonyl (C=O) groups excluding carboxylic acids is 1. The van der Waals surface area contributed by atoms with Crippen LogP contribution in [0, 0.1) is 5.82 Å². The summed E-state index contributed by atoms with van der Waals surface area (Å²) in [7, 11) is 2.98. The normalized spacial score (nSPS) is 10.8. The molecule has 0 bridgehead atoms. The fraction of sp³-hybridized carbons (Fsp3) is 0.0667. The fourth-order valence-electron chi connectivity index (χ4n) is 4.08. The van der Waals surface area contributed by atoms with Crippen molar-refractivity contribution in [2.24, 2.45) is 0 Å². The number of fused-ring (bicyclic) bond motifs is 1. The highest BCUT2D eigenvalue weighted by molar-refractivity contribution is 6.05. The van der Waals surface area contributed by atoms with Crippen molar-refractivity contribution in [2.45, 2.75) is 0 Å². The Labute approximate surface area is 216 Å². The quantitative estimate of drug-likeness (QED) is 0.280. The molecule has 0 spiro atoms. The maximum Gasteiger partial charge on any atom is 0.255 e. The highest BCUT2D eigenvalue weighted by atomic mass is 19.1. The lowest BCUT2D eigenvalue weighted by Crippen LogP contribution is -2.12. The standard InChI is InChI=1S/C30H22FNO6/c1-36-23-13-20(14-24(16-23)37-2)30(35)32-22-5-3-4-19(12-22)29-28(34)27(33)25-11-8-18(15-26(25)38-29)17-6-9-21(31)10-7-17/h3-16,34H,1-2H3,(H,32,35). The molecule has 0 aliphatic rings. The maximum atomic E-state index is 13.3. The molecule has 0 aliphatic heterocycles. The van der Waals surface area contributed by atoms with E-state index < -0.39 is 17.1 Å². The van der Waals surface area contributed by atoms with Gasteiger partial charge in [0, 0.05) is 22.9 Å². The van der Waals surface area contributed by atoms with Gasteiger partial charge in [0.2, 0.25) is 11.2 Å². The first-order valence-corrected chi connectivity index (χ1v) is 11.6. The summed E-state index contributed by atoms with van der Waals surface area (Å²) in [5.41, 5.74) is 2.23. The van der Waals surface area contributed by atoms with Crippen LogP contribution in [0.4, 0.5) is 10.1 Å². The van der Waals surface area contributed by atoms with E-state index in [4.69, 9.17) is 13.9 Å². The average Bonchev–Trinajstić information content (AvgIpc) is 2.94. The number of rotatable bonds is 6. The number of anilines is 1. The van der Waals surface area contributed by atoms with Crippen molar-refractivity contribution in [3.05, 3.63) is 107 Å². The molecule has 5 rings (SSSR count). The monoisotopic (exact) mass is 511 g/mol. The van der Waals surface area contributed by atoms with Crippen molar-refractivity contribution in [1.29, 1.82) is 0 Å². The van der Waals surface area contributed by atoms with Gasteiger partial charge in [-0.1, -0.05) is 30.3 Å². The Bertz CT molecular complexity index is 1700. The first-order chi connectivity index (χ1) is 18.4. The van der Waals surface area contributed by atoms with E-state index >= 15 is 0 Å². The van der Waals surface area contributed by atoms with Gasteiger partial charge >= 0.3 is 0 Å². The minimum atomic E-state index is -0.593. The van der Waals surface area contributed by atoms with Crippen molar-refractivity contribution in [1.82, 2.24) is 0 Å². The van der Waals surface area contributed by atoms with Crippen LogP contribution in [0.25, 0.3) is 33.4 Å². The smallest absolute Gasteiger partial charge is 0.255 e. The van der Waals surface area contributed by atoms with Crippen LogP contribution in [0.1, 0.15) is 10.4 Å². The Morgan fingerprint density at radius 1 is 0.842 bits per heavy atom. The predicted octanol–water partition coefficient (Wildman–Crippen LogP) is 6.24. The van der Waals surface area contributed by atoms with Crippen molar-refractivity contribution < 1.29 is 28.2 Å². The van der Waals surface area contributed by atoms with Crippen LogP contribution in [0.15, 0.2) is 94.1 Å². The summed E-state index contributed by atoms with van der Waals surface area (Å²) in [5.74, 6) is -0.429. The predicted molar refractivity (Wildman–Crippen MR) is 142 cm³/mol. The first kappa shape index (κ1) is 24.6. The van der Waals surface area contributed by atoms with Gasteiger partial charge < -0.3 is 24.3 Å². The van der Waals surface area contributed by atoms with Crippen LogP contribution < -0.4 is 20.2 Å². The average molecular weight is 512 g/mol. The summed E-state index contributed by atoms with van der Waals surface area (Å²) < 4.78 is 29.8. The van der Waals surface area contributed by atoms with E-state index in [1.54, 1.807) is 72.8 Å². The zero-order valence-corrected chi connectivity index (χ0v) is 20.4. The van der Waals surface area contributed by atoms with Gasteiger partial charge in [0.25, 0.3) is 5.91 Å². The van der Waals surface area contributed by atoms with Crippen LogP contribution >= 0.6 is 0 Å². The van der Waals surface area contributed by atoms with Gasteiger partial charge in [-0.25, -0.2) is 4.39 Å². The molecule has 0 atom stereocenters. The zero-order chi connectivity index (χ0) is 26.8. The number of nitrogens with one attached hydrogen (secondary N) is 1. The van der Waals surface area contributed by atoms with Crippen molar-refractivity contribution in [2.75, 3.05) is 19.5 Å². The number of hydrogen-bond donors (Lipinski definition) is 2. The second kappa shape index (κ2) is 10.1. The molecule has 0 saturated carbocycles. The summed E-state index contributed by atoms with van der Waals surface area (Å²) in [4.78, 5) is 25.8. The number of ether oxygens (including phenoxy) is 2. The fourth-order valence-corrected chi connectivity index (χ4v) is 4.08. The summed E-state index contributed by atoms with van der Waals surface area (Å²) in [6.07, 6.45) is 0. The van der Waals surface area contributed by atoms with Gasteiger partial charge in [0.1, 0.15) is 22.9 Å². The maximum absolute atomic E-state index is 13.3. The van der Waals surface area contributed by atoms with E-state index in [1.165, 1.54) is 26.4 Å². The van der Waals surface area contributed by atoms with Crippen LogP contribution in [-0.4, -0.2) is 25.2 Å². The van der Waals surface area contributed by atoms with Gasteiger partial charge in [-0.05, 0) is 59.7 Å². The minimum absolute atomic E-state index is 0.0436. The van der Waals surface area contributed by atoms with Crippen LogP contribution in [0.3, 0.4) is 0 Å². The van der Waals surface area contributed by atoms with Gasteiger partial charge in [-0.2, -0.15) is 0 Å². The largest absolute Gasteiger partial charge is 0.502 e. The van der Waals surface area contributed by atoms with Crippen molar-refractivity contribution in [3.63, 3.8) is 0 Å². The Morgan fingerprint density at radius 3 is 2.21 bits per heavy atom. The Morgan fingerprint density at radius 2 is 1.53 bits per heavy atom. The molecule has 1 heterocycles. The molecule has 1 aromatic heterocycles. The molecule has 0 fully saturated rings. The summed E-state index contributed by atoms with van der Waals surface area (Å²) in [6, 6.07) is 22.2. The topological polar surface area (TPSA) is 98.0 Å². The van der Waals surface area contributed by atoms with Crippen molar-refractivity contribution in [3.8, 4) is 39.7 Å². The number of aromatic hydroxyl groups is 1. The molecule has 8 heteroatoms.